The monoisotopic (exact) mass is 209 g/mol. The van der Waals surface area contributed by atoms with Crippen LogP contribution >= 0.6 is 0 Å². The first-order chi connectivity index (χ1) is 6.50. The molecule has 0 radical (unpaired) electrons. The molecule has 0 unspecified atom stereocenters. The van der Waals surface area contributed by atoms with Gasteiger partial charge in [0.1, 0.15) is 0 Å². The Morgan fingerprint density at radius 2 is 1.14 bits per heavy atom. The second kappa shape index (κ2) is 3.49. The van der Waals surface area contributed by atoms with Crippen LogP contribution in [0.25, 0.3) is 5.01 Å². The molecule has 0 aromatic heterocycles. The molecule has 7 heteroatoms. The van der Waals surface area contributed by atoms with Gasteiger partial charge >= 0.3 is 0 Å². The van der Waals surface area contributed by atoms with E-state index in [4.69, 9.17) is 6.57 Å². The van der Waals surface area contributed by atoms with E-state index < -0.39 is 34.8 Å². The molecule has 0 aliphatic rings. The van der Waals surface area contributed by atoms with E-state index in [1.54, 1.807) is 0 Å². The molecule has 2 nitrogen and oxygen atoms in total. The fraction of sp³-hybridized carbons (Fsp3) is 0. The van der Waals surface area contributed by atoms with E-state index in [-0.39, 0.29) is 0 Å². The van der Waals surface area contributed by atoms with E-state index in [0.29, 0.717) is 0 Å². The van der Waals surface area contributed by atoms with Crippen molar-refractivity contribution in [3.05, 3.63) is 40.7 Å². The normalized spacial score (nSPS) is 9.71. The largest absolute Gasteiger partial charge is 0.296 e. The summed E-state index contributed by atoms with van der Waals surface area (Å²) in [6, 6.07) is 0. The van der Waals surface area contributed by atoms with Gasteiger partial charge < -0.3 is 0 Å². The van der Waals surface area contributed by atoms with Gasteiger partial charge in [0.2, 0.25) is 29.1 Å². The van der Waals surface area contributed by atoms with Gasteiger partial charge in [-0.1, -0.05) is 0 Å². The Morgan fingerprint density at radius 1 is 0.786 bits per heavy atom. The molecule has 0 heterocycles. The molecule has 14 heavy (non-hydrogen) atoms. The van der Waals surface area contributed by atoms with Crippen LogP contribution in [-0.4, -0.2) is 0 Å². The summed E-state index contributed by atoms with van der Waals surface area (Å²) in [5.41, 5.74) is 0. The van der Waals surface area contributed by atoms with Crippen LogP contribution < -0.4 is 4.84 Å². The highest BCUT2D eigenvalue weighted by Gasteiger charge is 2.29. The highest BCUT2D eigenvalue weighted by atomic mass is 19.2. The maximum Gasteiger partial charge on any atom is 0.296 e. The van der Waals surface area contributed by atoms with Crippen LogP contribution in [-0.2, 0) is 0 Å². The molecule has 0 saturated heterocycles. The molecule has 0 bridgehead atoms. The second-order valence-corrected chi connectivity index (χ2v) is 2.08. The van der Waals surface area contributed by atoms with E-state index in [2.05, 4.69) is 9.85 Å². The second-order valence-electron chi connectivity index (χ2n) is 2.08. The van der Waals surface area contributed by atoms with Crippen LogP contribution in [0.15, 0.2) is 0 Å². The van der Waals surface area contributed by atoms with Crippen LogP contribution in [0.1, 0.15) is 0 Å². The Kier molecular flexibility index (Phi) is 2.56. The van der Waals surface area contributed by atoms with Gasteiger partial charge in [0.05, 0.1) is 0 Å². The summed E-state index contributed by atoms with van der Waals surface area (Å²) in [6.07, 6.45) is 0. The van der Waals surface area contributed by atoms with Gasteiger partial charge in [0.25, 0.3) is 5.75 Å². The molecule has 0 aliphatic carbocycles. The third-order valence-electron chi connectivity index (χ3n) is 1.31. The maximum atomic E-state index is 12.6. The molecule has 1 rings (SSSR count). The summed E-state index contributed by atoms with van der Waals surface area (Å²) >= 11 is 0. The third-order valence-corrected chi connectivity index (χ3v) is 1.31. The molecule has 1 aromatic rings. The SMILES string of the molecule is [C-]#[N+]Oc1c(F)c(F)c(F)c(F)c1F. The zero-order valence-corrected chi connectivity index (χ0v) is 6.25. The lowest BCUT2D eigenvalue weighted by Gasteiger charge is -2.00. The first-order valence-corrected chi connectivity index (χ1v) is 3.06. The Hall–Kier alpha value is -1.84. The molecule has 0 fully saturated rings. The summed E-state index contributed by atoms with van der Waals surface area (Å²) in [5, 5.41) is 2.05. The van der Waals surface area contributed by atoms with Crippen molar-refractivity contribution in [3.63, 3.8) is 0 Å². The van der Waals surface area contributed by atoms with Crippen molar-refractivity contribution in [1.29, 1.82) is 0 Å². The number of nitrogens with zero attached hydrogens (tertiary/aromatic N) is 1. The molecular weight excluding hydrogens is 209 g/mol. The minimum absolute atomic E-state index is 1.60. The quantitative estimate of drug-likeness (QED) is 0.228. The summed E-state index contributed by atoms with van der Waals surface area (Å²) in [7, 11) is 0. The van der Waals surface area contributed by atoms with E-state index in [1.807, 2.05) is 0 Å². The van der Waals surface area contributed by atoms with Crippen LogP contribution in [0.5, 0.6) is 5.75 Å². The number of hydrogen-bond acceptors (Lipinski definition) is 1. The predicted molar refractivity (Wildman–Crippen MR) is 33.5 cm³/mol. The van der Waals surface area contributed by atoms with E-state index in [1.165, 1.54) is 0 Å². The maximum absolute atomic E-state index is 12.6. The van der Waals surface area contributed by atoms with Gasteiger partial charge in [-0.25, -0.2) is 13.2 Å². The molecular formula is C7F5NO. The Labute approximate surface area is 74.3 Å². The summed E-state index contributed by atoms with van der Waals surface area (Å²) in [5.74, 6) is -12.5. The first-order valence-electron chi connectivity index (χ1n) is 3.06. The topological polar surface area (TPSA) is 13.6 Å². The van der Waals surface area contributed by atoms with E-state index >= 15 is 0 Å². The van der Waals surface area contributed by atoms with Crippen LogP contribution in [0.4, 0.5) is 22.0 Å². The fourth-order valence-corrected chi connectivity index (χ4v) is 0.711. The number of benzene rings is 1. The molecule has 0 spiro atoms. The van der Waals surface area contributed by atoms with Crippen molar-refractivity contribution in [2.45, 2.75) is 0 Å². The minimum Gasteiger partial charge on any atom is -0.200 e. The smallest absolute Gasteiger partial charge is 0.200 e. The summed E-state index contributed by atoms with van der Waals surface area (Å²) < 4.78 is 62.3. The average molecular weight is 209 g/mol. The standard InChI is InChI=1S/C7F5NO/c1-13-14-7-5(11)3(9)2(8)4(10)6(7)12. The zero-order valence-electron chi connectivity index (χ0n) is 6.25. The Balaban J connectivity index is 3.53. The van der Waals surface area contributed by atoms with Crippen LogP contribution in [0, 0.1) is 35.7 Å². The average Bonchev–Trinajstić information content (AvgIpc) is 2.19. The van der Waals surface area contributed by atoms with Crippen LogP contribution in [0.3, 0.4) is 0 Å². The zero-order chi connectivity index (χ0) is 10.9. The van der Waals surface area contributed by atoms with Gasteiger partial charge in [-0.15, -0.1) is 0 Å². The van der Waals surface area contributed by atoms with Crippen molar-refractivity contribution in [2.24, 2.45) is 0 Å². The van der Waals surface area contributed by atoms with Gasteiger partial charge in [0.15, 0.2) is 0 Å². The molecule has 0 amide bonds. The minimum atomic E-state index is -2.29. The molecule has 0 atom stereocenters. The van der Waals surface area contributed by atoms with Gasteiger partial charge in [0, 0.05) is 0 Å². The van der Waals surface area contributed by atoms with Crippen molar-refractivity contribution >= 4 is 0 Å². The highest BCUT2D eigenvalue weighted by Crippen LogP contribution is 2.28. The van der Waals surface area contributed by atoms with E-state index in [0.717, 1.165) is 0 Å². The van der Waals surface area contributed by atoms with Gasteiger partial charge in [-0.3, -0.25) is 0 Å². The molecule has 0 N–H and O–H groups in total. The molecule has 0 aliphatic heterocycles. The lowest BCUT2D eigenvalue weighted by atomic mass is 10.3. The van der Waals surface area contributed by atoms with Crippen molar-refractivity contribution in [1.82, 2.24) is 0 Å². The number of halogens is 5. The lowest BCUT2D eigenvalue weighted by Crippen LogP contribution is -2.03. The summed E-state index contributed by atoms with van der Waals surface area (Å²) in [6.45, 7) is 6.06. The molecule has 0 saturated carbocycles. The molecule has 74 valence electrons. The van der Waals surface area contributed by atoms with Gasteiger partial charge in [-0.2, -0.15) is 20.2 Å². The third kappa shape index (κ3) is 1.35. The fourth-order valence-electron chi connectivity index (χ4n) is 0.711. The van der Waals surface area contributed by atoms with Crippen molar-refractivity contribution < 1.29 is 26.8 Å². The van der Waals surface area contributed by atoms with Crippen LogP contribution in [0.2, 0.25) is 0 Å². The summed E-state index contributed by atoms with van der Waals surface area (Å²) in [4.78, 5) is 3.58. The first kappa shape index (κ1) is 10.2. The lowest BCUT2D eigenvalue weighted by molar-refractivity contribution is 0.329. The Bertz CT molecular complexity index is 396. The number of hydrogen-bond donors (Lipinski definition) is 0. The predicted octanol–water partition coefficient (Wildman–Crippen LogP) is 2.60. The highest BCUT2D eigenvalue weighted by molar-refractivity contribution is 5.29. The molecule has 1 aromatic carbocycles. The van der Waals surface area contributed by atoms with Crippen molar-refractivity contribution in [2.75, 3.05) is 0 Å². The van der Waals surface area contributed by atoms with Gasteiger partial charge in [-0.05, 0) is 5.01 Å². The van der Waals surface area contributed by atoms with E-state index in [9.17, 15) is 22.0 Å². The van der Waals surface area contributed by atoms with Crippen molar-refractivity contribution in [3.8, 4) is 5.75 Å². The Morgan fingerprint density at radius 3 is 1.50 bits per heavy atom. The number of rotatable bonds is 1.